The molecule has 0 amide bonds. The molecule has 1 heteroatoms. The second kappa shape index (κ2) is 5.76. The third-order valence-corrected chi connectivity index (χ3v) is 3.59. The fourth-order valence-corrected chi connectivity index (χ4v) is 2.51. The first-order chi connectivity index (χ1) is 10.3. The molecule has 2 aromatic carbocycles. The van der Waals surface area contributed by atoms with Crippen molar-refractivity contribution in [2.75, 3.05) is 0 Å². The highest BCUT2D eigenvalue weighted by Gasteiger charge is 2.11. The molecule has 0 aliphatic carbocycles. The molecule has 0 fully saturated rings. The molecule has 0 aliphatic heterocycles. The first-order valence-electron chi connectivity index (χ1n) is 7.08. The van der Waals surface area contributed by atoms with Crippen LogP contribution in [0.1, 0.15) is 5.56 Å². The van der Waals surface area contributed by atoms with E-state index in [2.05, 4.69) is 84.9 Å². The van der Waals surface area contributed by atoms with E-state index in [1.54, 1.807) is 0 Å². The molecule has 0 spiro atoms. The van der Waals surface area contributed by atoms with Gasteiger partial charge in [0.15, 0.2) is 12.4 Å². The predicted molar refractivity (Wildman–Crippen MR) is 88.6 cm³/mol. The molecule has 0 saturated carbocycles. The largest absolute Gasteiger partial charge is 0.217 e. The highest BCUT2D eigenvalue weighted by atomic mass is 14.9. The third kappa shape index (κ3) is 2.77. The van der Waals surface area contributed by atoms with Crippen LogP contribution in [0.5, 0.6) is 0 Å². The van der Waals surface area contributed by atoms with Gasteiger partial charge in [0.25, 0.3) is 0 Å². The SMILES string of the molecule is C=C[n+]1cc(C)ccc1-c1cccc(-c2ccccc2)c1. The van der Waals surface area contributed by atoms with Crippen molar-refractivity contribution in [2.24, 2.45) is 0 Å². The lowest BCUT2D eigenvalue weighted by atomic mass is 10.0. The number of rotatable bonds is 3. The summed E-state index contributed by atoms with van der Waals surface area (Å²) in [5.74, 6) is 0. The number of aromatic nitrogens is 1. The molecule has 0 aliphatic rings. The lowest BCUT2D eigenvalue weighted by molar-refractivity contribution is -0.556. The van der Waals surface area contributed by atoms with Crippen LogP contribution in [-0.4, -0.2) is 0 Å². The predicted octanol–water partition coefficient (Wildman–Crippen LogP) is 4.72. The molecule has 1 heterocycles. The van der Waals surface area contributed by atoms with Crippen LogP contribution >= 0.6 is 0 Å². The van der Waals surface area contributed by atoms with Crippen LogP contribution < -0.4 is 4.57 Å². The average Bonchev–Trinajstić information content (AvgIpc) is 2.55. The van der Waals surface area contributed by atoms with E-state index >= 15 is 0 Å². The number of pyridine rings is 1. The molecular weight excluding hydrogens is 254 g/mol. The molecule has 3 rings (SSSR count). The first kappa shape index (κ1) is 13.3. The monoisotopic (exact) mass is 272 g/mol. The van der Waals surface area contributed by atoms with Gasteiger partial charge >= 0.3 is 0 Å². The van der Waals surface area contributed by atoms with Crippen LogP contribution in [0, 0.1) is 6.92 Å². The Hall–Kier alpha value is -2.67. The first-order valence-corrected chi connectivity index (χ1v) is 7.08. The lowest BCUT2D eigenvalue weighted by Gasteiger charge is -2.05. The van der Waals surface area contributed by atoms with E-state index in [0.717, 1.165) is 5.69 Å². The summed E-state index contributed by atoms with van der Waals surface area (Å²) in [7, 11) is 0. The third-order valence-electron chi connectivity index (χ3n) is 3.59. The minimum absolute atomic E-state index is 1.15. The van der Waals surface area contributed by atoms with Crippen molar-refractivity contribution >= 4 is 6.20 Å². The van der Waals surface area contributed by atoms with Crippen molar-refractivity contribution < 1.29 is 4.57 Å². The van der Waals surface area contributed by atoms with E-state index in [1.807, 2.05) is 12.3 Å². The maximum absolute atomic E-state index is 3.90. The fourth-order valence-electron chi connectivity index (χ4n) is 2.51. The van der Waals surface area contributed by atoms with Gasteiger partial charge in [-0.2, -0.15) is 4.57 Å². The number of benzene rings is 2. The van der Waals surface area contributed by atoms with Crippen molar-refractivity contribution in [3.05, 3.63) is 85.1 Å². The molecule has 0 N–H and O–H groups in total. The Labute approximate surface area is 125 Å². The van der Waals surface area contributed by atoms with Crippen molar-refractivity contribution in [3.63, 3.8) is 0 Å². The molecule has 0 bridgehead atoms. The number of hydrogen-bond acceptors (Lipinski definition) is 0. The van der Waals surface area contributed by atoms with Gasteiger partial charge in [0, 0.05) is 17.2 Å². The standard InChI is InChI=1S/C20H18N/c1-3-21-15-16(2)12-13-20(21)19-11-7-10-18(14-19)17-8-5-4-6-9-17/h3-15H,1H2,2H3/q+1. The molecule has 3 aromatic rings. The molecule has 0 unspecified atom stereocenters. The molecule has 0 radical (unpaired) electrons. The van der Waals surface area contributed by atoms with E-state index in [4.69, 9.17) is 0 Å². The minimum atomic E-state index is 1.15. The van der Waals surface area contributed by atoms with Crippen LogP contribution in [0.2, 0.25) is 0 Å². The van der Waals surface area contributed by atoms with Gasteiger partial charge in [0.2, 0.25) is 5.69 Å². The summed E-state index contributed by atoms with van der Waals surface area (Å²) < 4.78 is 2.07. The molecule has 0 saturated heterocycles. The van der Waals surface area contributed by atoms with Crippen LogP contribution in [0.3, 0.4) is 0 Å². The van der Waals surface area contributed by atoms with Crippen molar-refractivity contribution in [1.29, 1.82) is 0 Å². The Bertz CT molecular complexity index is 773. The van der Waals surface area contributed by atoms with Gasteiger partial charge < -0.3 is 0 Å². The zero-order valence-corrected chi connectivity index (χ0v) is 12.2. The second-order valence-corrected chi connectivity index (χ2v) is 5.13. The van der Waals surface area contributed by atoms with Crippen molar-refractivity contribution in [2.45, 2.75) is 6.92 Å². The average molecular weight is 272 g/mol. The summed E-state index contributed by atoms with van der Waals surface area (Å²) >= 11 is 0. The molecule has 1 nitrogen and oxygen atoms in total. The van der Waals surface area contributed by atoms with Crippen molar-refractivity contribution in [1.82, 2.24) is 0 Å². The Kier molecular flexibility index (Phi) is 3.65. The van der Waals surface area contributed by atoms with Crippen LogP contribution in [-0.2, 0) is 0 Å². The van der Waals surface area contributed by atoms with Gasteiger partial charge in [0.1, 0.15) is 0 Å². The minimum Gasteiger partial charge on any atom is -0.167 e. The highest BCUT2D eigenvalue weighted by Crippen LogP contribution is 2.24. The molecule has 1 aromatic heterocycles. The van der Waals surface area contributed by atoms with Gasteiger partial charge in [-0.15, -0.1) is 0 Å². The number of nitrogens with zero attached hydrogens (tertiary/aromatic N) is 1. The molecular formula is C20H18N+. The van der Waals surface area contributed by atoms with Crippen molar-refractivity contribution in [3.8, 4) is 22.4 Å². The van der Waals surface area contributed by atoms with Crippen LogP contribution in [0.4, 0.5) is 0 Å². The van der Waals surface area contributed by atoms with E-state index < -0.39 is 0 Å². The summed E-state index contributed by atoms with van der Waals surface area (Å²) in [5.41, 5.74) is 6.02. The smallest absolute Gasteiger partial charge is 0.167 e. The topological polar surface area (TPSA) is 3.88 Å². The fraction of sp³-hybridized carbons (Fsp3) is 0.0500. The van der Waals surface area contributed by atoms with Gasteiger partial charge in [-0.1, -0.05) is 42.5 Å². The summed E-state index contributed by atoms with van der Waals surface area (Å²) in [5, 5.41) is 0. The number of hydrogen-bond donors (Lipinski definition) is 0. The zero-order chi connectivity index (χ0) is 14.7. The van der Waals surface area contributed by atoms with Gasteiger partial charge in [0.05, 0.1) is 0 Å². The number of aryl methyl sites for hydroxylation is 1. The molecule has 21 heavy (non-hydrogen) atoms. The van der Waals surface area contributed by atoms with E-state index in [1.165, 1.54) is 22.3 Å². The summed E-state index contributed by atoms with van der Waals surface area (Å²) in [6, 6.07) is 23.3. The van der Waals surface area contributed by atoms with E-state index in [0.29, 0.717) is 0 Å². The maximum atomic E-state index is 3.90. The Morgan fingerprint density at radius 2 is 1.52 bits per heavy atom. The van der Waals surface area contributed by atoms with E-state index in [-0.39, 0.29) is 0 Å². The summed E-state index contributed by atoms with van der Waals surface area (Å²) in [6.45, 7) is 5.99. The van der Waals surface area contributed by atoms with Crippen LogP contribution in [0.15, 0.2) is 79.5 Å². The second-order valence-electron chi connectivity index (χ2n) is 5.13. The van der Waals surface area contributed by atoms with Crippen LogP contribution in [0.25, 0.3) is 28.6 Å². The lowest BCUT2D eigenvalue weighted by Crippen LogP contribution is -2.28. The molecule has 0 atom stereocenters. The Morgan fingerprint density at radius 3 is 2.29 bits per heavy atom. The Balaban J connectivity index is 2.11. The van der Waals surface area contributed by atoms with Gasteiger partial charge in [-0.25, -0.2) is 0 Å². The zero-order valence-electron chi connectivity index (χ0n) is 12.2. The summed E-state index contributed by atoms with van der Waals surface area (Å²) in [6.07, 6.45) is 3.94. The van der Waals surface area contributed by atoms with E-state index in [9.17, 15) is 0 Å². The maximum Gasteiger partial charge on any atom is 0.217 e. The molecule has 102 valence electrons. The quantitative estimate of drug-likeness (QED) is 0.608. The normalized spacial score (nSPS) is 10.3. The summed E-state index contributed by atoms with van der Waals surface area (Å²) in [4.78, 5) is 0. The van der Waals surface area contributed by atoms with Gasteiger partial charge in [-0.3, -0.25) is 0 Å². The Morgan fingerprint density at radius 1 is 0.810 bits per heavy atom. The van der Waals surface area contributed by atoms with Gasteiger partial charge in [-0.05, 0) is 42.8 Å². The highest BCUT2D eigenvalue weighted by molar-refractivity contribution is 5.70.